The van der Waals surface area contributed by atoms with Crippen molar-refractivity contribution >= 4 is 12.0 Å². The molecule has 0 heterocycles. The Balaban J connectivity index is 2.50. The average molecular weight is 243 g/mol. The van der Waals surface area contributed by atoms with Gasteiger partial charge in [0, 0.05) is 6.42 Å². The van der Waals surface area contributed by atoms with Crippen LogP contribution in [0.25, 0.3) is 10.9 Å². The van der Waals surface area contributed by atoms with Gasteiger partial charge in [0.15, 0.2) is 0 Å². The van der Waals surface area contributed by atoms with Crippen molar-refractivity contribution in [2.45, 2.75) is 19.8 Å². The molecule has 0 fully saturated rings. The molecule has 0 unspecified atom stereocenters. The van der Waals surface area contributed by atoms with E-state index < -0.39 is 0 Å². The van der Waals surface area contributed by atoms with Gasteiger partial charge in [-0.1, -0.05) is 24.3 Å². The zero-order chi connectivity index (χ0) is 13.2. The van der Waals surface area contributed by atoms with Gasteiger partial charge in [-0.3, -0.25) is 0 Å². The van der Waals surface area contributed by atoms with Crippen LogP contribution in [0.15, 0.2) is 30.3 Å². The summed E-state index contributed by atoms with van der Waals surface area (Å²) in [5.41, 5.74) is 1.62. The number of carbonyl (C=O) groups is 1. The van der Waals surface area contributed by atoms with E-state index in [-0.39, 0.29) is 5.97 Å². The quantitative estimate of drug-likeness (QED) is 0.434. The summed E-state index contributed by atoms with van der Waals surface area (Å²) in [6.45, 7) is 9.41. The van der Waals surface area contributed by atoms with Gasteiger partial charge in [0.25, 0.3) is 0 Å². The Kier molecular flexibility index (Phi) is 6.27. The second-order valence-electron chi connectivity index (χ2n) is 3.77. The van der Waals surface area contributed by atoms with Crippen LogP contribution in [-0.2, 0) is 4.74 Å². The maximum Gasteiger partial charge on any atom is 0.338 e. The van der Waals surface area contributed by atoms with Crippen LogP contribution in [0.1, 0.15) is 35.7 Å². The van der Waals surface area contributed by atoms with Crippen molar-refractivity contribution in [2.75, 3.05) is 13.2 Å². The standard InChI is InChI=1S/C15H17NO2/c1-3-18-15(17)14-10-8-13(9-11-14)7-5-4-6-12-16-2/h5,7-11H,3-4,6,12H2,1H3. The minimum Gasteiger partial charge on any atom is -0.462 e. The second kappa shape index (κ2) is 8.08. The van der Waals surface area contributed by atoms with Crippen molar-refractivity contribution in [2.24, 2.45) is 0 Å². The fraction of sp³-hybridized carbons (Fsp3) is 0.333. The lowest BCUT2D eigenvalue weighted by atomic mass is 10.1. The summed E-state index contributed by atoms with van der Waals surface area (Å²) in [6, 6.07) is 7.29. The first-order chi connectivity index (χ1) is 8.77. The fourth-order valence-corrected chi connectivity index (χ4v) is 1.45. The summed E-state index contributed by atoms with van der Waals surface area (Å²) in [4.78, 5) is 14.7. The molecule has 0 aliphatic rings. The number of rotatable bonds is 6. The highest BCUT2D eigenvalue weighted by molar-refractivity contribution is 5.89. The lowest BCUT2D eigenvalue weighted by Gasteiger charge is -2.01. The molecule has 0 spiro atoms. The molecule has 0 aliphatic heterocycles. The molecule has 0 aromatic heterocycles. The van der Waals surface area contributed by atoms with Crippen LogP contribution in [0.2, 0.25) is 0 Å². The molecule has 18 heavy (non-hydrogen) atoms. The monoisotopic (exact) mass is 243 g/mol. The molecule has 0 N–H and O–H groups in total. The maximum absolute atomic E-state index is 11.4. The molecule has 0 aliphatic carbocycles. The summed E-state index contributed by atoms with van der Waals surface area (Å²) < 4.78 is 4.91. The van der Waals surface area contributed by atoms with Gasteiger partial charge in [-0.25, -0.2) is 11.4 Å². The number of esters is 1. The van der Waals surface area contributed by atoms with E-state index in [9.17, 15) is 4.79 Å². The van der Waals surface area contributed by atoms with E-state index >= 15 is 0 Å². The predicted octanol–water partition coefficient (Wildman–Crippen LogP) is 3.58. The Morgan fingerprint density at radius 2 is 2.11 bits per heavy atom. The Hall–Kier alpha value is -2.08. The van der Waals surface area contributed by atoms with Crippen LogP contribution >= 0.6 is 0 Å². The van der Waals surface area contributed by atoms with Crippen molar-refractivity contribution < 1.29 is 9.53 Å². The Labute approximate surface area is 108 Å². The van der Waals surface area contributed by atoms with E-state index in [0.29, 0.717) is 18.7 Å². The first-order valence-electron chi connectivity index (χ1n) is 6.05. The molecular weight excluding hydrogens is 226 g/mol. The Morgan fingerprint density at radius 1 is 1.39 bits per heavy atom. The highest BCUT2D eigenvalue weighted by Crippen LogP contribution is 2.08. The number of hydrogen-bond acceptors (Lipinski definition) is 2. The van der Waals surface area contributed by atoms with E-state index in [1.807, 2.05) is 24.3 Å². The zero-order valence-corrected chi connectivity index (χ0v) is 10.6. The maximum atomic E-state index is 11.4. The first kappa shape index (κ1) is 14.0. The topological polar surface area (TPSA) is 30.7 Å². The van der Waals surface area contributed by atoms with Crippen molar-refractivity contribution in [3.05, 3.63) is 52.9 Å². The molecule has 0 amide bonds. The van der Waals surface area contributed by atoms with Crippen LogP contribution in [0.3, 0.4) is 0 Å². The van der Waals surface area contributed by atoms with E-state index in [1.165, 1.54) is 0 Å². The average Bonchev–Trinajstić information content (AvgIpc) is 2.39. The molecule has 0 bridgehead atoms. The number of hydrogen-bond donors (Lipinski definition) is 0. The van der Waals surface area contributed by atoms with Gasteiger partial charge in [-0.2, -0.15) is 0 Å². The van der Waals surface area contributed by atoms with Gasteiger partial charge in [-0.15, -0.1) is 0 Å². The highest BCUT2D eigenvalue weighted by atomic mass is 16.5. The van der Waals surface area contributed by atoms with Gasteiger partial charge in [0.05, 0.1) is 12.2 Å². The number of benzene rings is 1. The fourth-order valence-electron chi connectivity index (χ4n) is 1.45. The third-order valence-electron chi connectivity index (χ3n) is 2.37. The third kappa shape index (κ3) is 4.84. The minimum atomic E-state index is -0.287. The van der Waals surface area contributed by atoms with Crippen molar-refractivity contribution in [1.29, 1.82) is 0 Å². The summed E-state index contributed by atoms with van der Waals surface area (Å²) in [5.74, 6) is -0.287. The van der Waals surface area contributed by atoms with Crippen LogP contribution in [0, 0.1) is 6.57 Å². The van der Waals surface area contributed by atoms with Gasteiger partial charge < -0.3 is 9.58 Å². The molecular formula is C15H17NO2. The number of carbonyl (C=O) groups excluding carboxylic acids is 1. The molecule has 0 saturated carbocycles. The summed E-state index contributed by atoms with van der Waals surface area (Å²) in [6.07, 6.45) is 5.84. The molecule has 3 nitrogen and oxygen atoms in total. The summed E-state index contributed by atoms with van der Waals surface area (Å²) >= 11 is 0. The van der Waals surface area contributed by atoms with E-state index in [4.69, 9.17) is 11.3 Å². The molecule has 3 heteroatoms. The first-order valence-corrected chi connectivity index (χ1v) is 6.05. The van der Waals surface area contributed by atoms with Gasteiger partial charge in [0.2, 0.25) is 6.54 Å². The van der Waals surface area contributed by atoms with Crippen LogP contribution < -0.4 is 0 Å². The number of allylic oxidation sites excluding steroid dienone is 1. The molecule has 0 radical (unpaired) electrons. The molecule has 1 aromatic carbocycles. The summed E-state index contributed by atoms with van der Waals surface area (Å²) in [7, 11) is 0. The minimum absolute atomic E-state index is 0.287. The van der Waals surface area contributed by atoms with Gasteiger partial charge in [0.1, 0.15) is 0 Å². The van der Waals surface area contributed by atoms with E-state index in [2.05, 4.69) is 4.85 Å². The number of unbranched alkanes of at least 4 members (excludes halogenated alkanes) is 1. The second-order valence-corrected chi connectivity index (χ2v) is 3.77. The normalized spacial score (nSPS) is 10.2. The Morgan fingerprint density at radius 3 is 2.72 bits per heavy atom. The number of ether oxygens (including phenoxy) is 1. The molecule has 1 aromatic rings. The highest BCUT2D eigenvalue weighted by Gasteiger charge is 2.04. The largest absolute Gasteiger partial charge is 0.462 e. The van der Waals surface area contributed by atoms with E-state index in [0.717, 1.165) is 18.4 Å². The predicted molar refractivity (Wildman–Crippen MR) is 72.1 cm³/mol. The zero-order valence-electron chi connectivity index (χ0n) is 10.6. The van der Waals surface area contributed by atoms with Gasteiger partial charge in [-0.05, 0) is 31.0 Å². The van der Waals surface area contributed by atoms with Crippen molar-refractivity contribution in [1.82, 2.24) is 0 Å². The lowest BCUT2D eigenvalue weighted by Crippen LogP contribution is -2.03. The molecule has 0 saturated heterocycles. The van der Waals surface area contributed by atoms with Crippen molar-refractivity contribution in [3.63, 3.8) is 0 Å². The lowest BCUT2D eigenvalue weighted by molar-refractivity contribution is 0.0526. The van der Waals surface area contributed by atoms with Crippen LogP contribution in [0.5, 0.6) is 0 Å². The SMILES string of the molecule is [C-]#[N+]CCCC=Cc1ccc(C(=O)OCC)cc1. The molecule has 1 rings (SSSR count). The third-order valence-corrected chi connectivity index (χ3v) is 2.37. The smallest absolute Gasteiger partial charge is 0.338 e. The molecule has 94 valence electrons. The summed E-state index contributed by atoms with van der Waals surface area (Å²) in [5, 5.41) is 0. The van der Waals surface area contributed by atoms with Crippen molar-refractivity contribution in [3.8, 4) is 0 Å². The van der Waals surface area contributed by atoms with Crippen LogP contribution in [0.4, 0.5) is 0 Å². The Bertz CT molecular complexity index is 441. The van der Waals surface area contributed by atoms with Gasteiger partial charge >= 0.3 is 5.97 Å². The van der Waals surface area contributed by atoms with E-state index in [1.54, 1.807) is 19.1 Å². The molecule has 0 atom stereocenters. The van der Waals surface area contributed by atoms with Crippen LogP contribution in [-0.4, -0.2) is 19.1 Å². The number of nitrogens with zero attached hydrogens (tertiary/aromatic N) is 1.